The second kappa shape index (κ2) is 8.07. The molecular formula is C23H23ClN8O2. The first-order valence-electron chi connectivity index (χ1n) is 11.3. The fourth-order valence-corrected chi connectivity index (χ4v) is 4.75. The molecule has 0 spiro atoms. The molecule has 4 aromatic rings. The molecule has 0 bridgehead atoms. The van der Waals surface area contributed by atoms with Gasteiger partial charge in [0.15, 0.2) is 17.3 Å². The predicted octanol–water partition coefficient (Wildman–Crippen LogP) is 2.97. The number of aromatic nitrogens is 5. The molecule has 6 rings (SSSR count). The lowest BCUT2D eigenvalue weighted by atomic mass is 10.1. The number of halogens is 1. The Hall–Kier alpha value is -3.50. The fraction of sp³-hybridized carbons (Fsp3) is 0.348. The van der Waals surface area contributed by atoms with Crippen molar-refractivity contribution in [1.82, 2.24) is 29.7 Å². The summed E-state index contributed by atoms with van der Waals surface area (Å²) in [5.41, 5.74) is 15.6. The average molecular weight is 479 g/mol. The van der Waals surface area contributed by atoms with Crippen LogP contribution in [0.15, 0.2) is 35.1 Å². The number of likely N-dealkylation sites (tertiary alicyclic amines) is 1. The number of pyridine rings is 1. The van der Waals surface area contributed by atoms with Crippen LogP contribution in [0.1, 0.15) is 29.6 Å². The first-order chi connectivity index (χ1) is 16.5. The summed E-state index contributed by atoms with van der Waals surface area (Å²) < 4.78 is 6.89. The third-order valence-electron chi connectivity index (χ3n) is 6.47. The number of nitrogen functional groups attached to an aromatic ring is 1. The summed E-state index contributed by atoms with van der Waals surface area (Å²) in [5.74, 6) is 1.02. The number of rotatable bonds is 5. The molecule has 1 saturated heterocycles. The Bertz CT molecular complexity index is 1410. The Morgan fingerprint density at radius 2 is 2.06 bits per heavy atom. The van der Waals surface area contributed by atoms with Crippen LogP contribution >= 0.6 is 11.6 Å². The summed E-state index contributed by atoms with van der Waals surface area (Å²) in [6.45, 7) is 1.80. The number of amides is 1. The number of imidazole rings is 1. The molecule has 1 unspecified atom stereocenters. The van der Waals surface area contributed by atoms with Gasteiger partial charge in [0, 0.05) is 42.5 Å². The molecule has 1 amide bonds. The van der Waals surface area contributed by atoms with Crippen molar-refractivity contribution in [3.63, 3.8) is 0 Å². The Morgan fingerprint density at radius 3 is 2.74 bits per heavy atom. The van der Waals surface area contributed by atoms with Crippen molar-refractivity contribution in [2.75, 3.05) is 18.8 Å². The maximum atomic E-state index is 13.6. The molecule has 0 radical (unpaired) electrons. The van der Waals surface area contributed by atoms with Gasteiger partial charge in [-0.3, -0.25) is 9.78 Å². The highest BCUT2D eigenvalue weighted by Gasteiger charge is 2.32. The SMILES string of the molecule is Nc1nonc1-c1nc2c(-c3cccc(Cl)c3)ncc(C(=O)N3CCC(N)C3)c2n1CC1CC1. The highest BCUT2D eigenvalue weighted by atomic mass is 35.5. The molecule has 1 atom stereocenters. The third kappa shape index (κ3) is 3.59. The van der Waals surface area contributed by atoms with E-state index in [2.05, 4.69) is 15.3 Å². The highest BCUT2D eigenvalue weighted by molar-refractivity contribution is 6.30. The summed E-state index contributed by atoms with van der Waals surface area (Å²) in [6.07, 6.45) is 4.63. The minimum atomic E-state index is -0.113. The van der Waals surface area contributed by atoms with Crippen LogP contribution in [-0.4, -0.2) is 54.8 Å². The van der Waals surface area contributed by atoms with Gasteiger partial charge >= 0.3 is 0 Å². The quantitative estimate of drug-likeness (QED) is 0.445. The number of benzene rings is 1. The van der Waals surface area contributed by atoms with Gasteiger partial charge in [-0.25, -0.2) is 9.61 Å². The summed E-state index contributed by atoms with van der Waals surface area (Å²) in [4.78, 5) is 25.0. The Morgan fingerprint density at radius 1 is 1.21 bits per heavy atom. The zero-order chi connectivity index (χ0) is 23.4. The second-order valence-electron chi connectivity index (χ2n) is 9.02. The Labute approximate surface area is 199 Å². The number of carbonyl (C=O) groups excluding carboxylic acids is 1. The zero-order valence-corrected chi connectivity index (χ0v) is 19.1. The van der Waals surface area contributed by atoms with E-state index in [1.165, 1.54) is 0 Å². The molecular weight excluding hydrogens is 456 g/mol. The number of anilines is 1. The van der Waals surface area contributed by atoms with Gasteiger partial charge in [-0.15, -0.1) is 0 Å². The van der Waals surface area contributed by atoms with Crippen LogP contribution < -0.4 is 11.5 Å². The van der Waals surface area contributed by atoms with Crippen LogP contribution in [0.25, 0.3) is 33.8 Å². The van der Waals surface area contributed by atoms with Gasteiger partial charge < -0.3 is 20.9 Å². The second-order valence-corrected chi connectivity index (χ2v) is 9.45. The summed E-state index contributed by atoms with van der Waals surface area (Å²) in [5, 5.41) is 8.32. The third-order valence-corrected chi connectivity index (χ3v) is 6.71. The summed E-state index contributed by atoms with van der Waals surface area (Å²) in [7, 11) is 0. The molecule has 2 aliphatic rings. The average Bonchev–Trinajstić information content (AvgIpc) is 3.18. The Kier molecular flexibility index (Phi) is 5.00. The Balaban J connectivity index is 1.62. The highest BCUT2D eigenvalue weighted by Crippen LogP contribution is 2.38. The summed E-state index contributed by atoms with van der Waals surface area (Å²) >= 11 is 6.27. The maximum absolute atomic E-state index is 13.6. The lowest BCUT2D eigenvalue weighted by Gasteiger charge is -2.18. The molecule has 3 aromatic heterocycles. The zero-order valence-electron chi connectivity index (χ0n) is 18.3. The predicted molar refractivity (Wildman–Crippen MR) is 127 cm³/mol. The van der Waals surface area contributed by atoms with Gasteiger partial charge in [0.25, 0.3) is 5.91 Å². The van der Waals surface area contributed by atoms with Crippen molar-refractivity contribution < 1.29 is 9.42 Å². The summed E-state index contributed by atoms with van der Waals surface area (Å²) in [6, 6.07) is 7.38. The number of hydrogen-bond acceptors (Lipinski definition) is 8. The van der Waals surface area contributed by atoms with E-state index in [4.69, 9.17) is 32.7 Å². The largest absolute Gasteiger partial charge is 0.379 e. The maximum Gasteiger partial charge on any atom is 0.257 e. The van der Waals surface area contributed by atoms with Gasteiger partial charge in [-0.2, -0.15) is 0 Å². The van der Waals surface area contributed by atoms with E-state index < -0.39 is 0 Å². The van der Waals surface area contributed by atoms with Crippen LogP contribution in [0.2, 0.25) is 5.02 Å². The number of carbonyl (C=O) groups is 1. The van der Waals surface area contributed by atoms with Crippen molar-refractivity contribution in [3.8, 4) is 22.8 Å². The van der Waals surface area contributed by atoms with Crippen molar-refractivity contribution in [2.45, 2.75) is 31.8 Å². The van der Waals surface area contributed by atoms with Crippen molar-refractivity contribution in [2.24, 2.45) is 11.7 Å². The first-order valence-corrected chi connectivity index (χ1v) is 11.7. The number of hydrogen-bond donors (Lipinski definition) is 2. The van der Waals surface area contributed by atoms with Gasteiger partial charge in [0.2, 0.25) is 0 Å². The van der Waals surface area contributed by atoms with E-state index in [1.807, 2.05) is 22.8 Å². The van der Waals surface area contributed by atoms with Crippen LogP contribution in [0.3, 0.4) is 0 Å². The van der Waals surface area contributed by atoms with Crippen molar-refractivity contribution >= 4 is 34.4 Å². The molecule has 10 nitrogen and oxygen atoms in total. The minimum Gasteiger partial charge on any atom is -0.379 e. The number of fused-ring (bicyclic) bond motifs is 1. The van der Waals surface area contributed by atoms with E-state index in [0.717, 1.165) is 24.8 Å². The molecule has 2 fully saturated rings. The van der Waals surface area contributed by atoms with E-state index in [-0.39, 0.29) is 17.8 Å². The molecule has 4 N–H and O–H groups in total. The molecule has 1 aromatic carbocycles. The standard InChI is InChI=1S/C23H23ClN8O2/c24-14-3-1-2-13(8-14)17-18-20(16(9-27-17)23(33)31-7-6-15(25)11-31)32(10-12-4-5-12)22(28-18)19-21(26)30-34-29-19/h1-3,8-9,12,15H,4-7,10-11,25H2,(H2,26,30). The molecule has 1 saturated carbocycles. The molecule has 174 valence electrons. The van der Waals surface area contributed by atoms with Gasteiger partial charge in [0.05, 0.1) is 16.8 Å². The molecule has 1 aliphatic heterocycles. The van der Waals surface area contributed by atoms with Gasteiger partial charge in [0.1, 0.15) is 5.52 Å². The van der Waals surface area contributed by atoms with Crippen LogP contribution in [0.4, 0.5) is 5.82 Å². The first kappa shape index (κ1) is 21.1. The van der Waals surface area contributed by atoms with E-state index in [1.54, 1.807) is 17.2 Å². The van der Waals surface area contributed by atoms with Crippen LogP contribution in [0, 0.1) is 5.92 Å². The van der Waals surface area contributed by atoms with E-state index in [9.17, 15) is 4.79 Å². The number of nitrogens with zero attached hydrogens (tertiary/aromatic N) is 6. The lowest BCUT2D eigenvalue weighted by Crippen LogP contribution is -2.32. The van der Waals surface area contributed by atoms with Crippen molar-refractivity contribution in [1.29, 1.82) is 0 Å². The van der Waals surface area contributed by atoms with E-state index >= 15 is 0 Å². The minimum absolute atomic E-state index is 0.0222. The smallest absolute Gasteiger partial charge is 0.257 e. The lowest BCUT2D eigenvalue weighted by molar-refractivity contribution is 0.0792. The normalized spacial score (nSPS) is 18.2. The fourth-order valence-electron chi connectivity index (χ4n) is 4.56. The van der Waals surface area contributed by atoms with Crippen LogP contribution in [0.5, 0.6) is 0 Å². The number of nitrogens with two attached hydrogens (primary N) is 2. The topological polar surface area (TPSA) is 142 Å². The molecule has 34 heavy (non-hydrogen) atoms. The van der Waals surface area contributed by atoms with Gasteiger partial charge in [-0.05, 0) is 47.6 Å². The van der Waals surface area contributed by atoms with Crippen LogP contribution in [-0.2, 0) is 6.54 Å². The van der Waals surface area contributed by atoms with Crippen molar-refractivity contribution in [3.05, 3.63) is 41.0 Å². The monoisotopic (exact) mass is 478 g/mol. The molecule has 1 aliphatic carbocycles. The van der Waals surface area contributed by atoms with Gasteiger partial charge in [-0.1, -0.05) is 23.7 Å². The molecule has 4 heterocycles. The molecule has 11 heteroatoms. The van der Waals surface area contributed by atoms with E-state index in [0.29, 0.717) is 64.4 Å².